The van der Waals surface area contributed by atoms with Crippen LogP contribution in [0.5, 0.6) is 0 Å². The van der Waals surface area contributed by atoms with E-state index < -0.39 is 11.8 Å². The van der Waals surface area contributed by atoms with E-state index in [0.717, 1.165) is 0 Å². The molecule has 1 heterocycles. The van der Waals surface area contributed by atoms with Gasteiger partial charge in [-0.2, -0.15) is 0 Å². The van der Waals surface area contributed by atoms with E-state index in [-0.39, 0.29) is 35.9 Å². The van der Waals surface area contributed by atoms with Gasteiger partial charge < -0.3 is 14.8 Å². The minimum Gasteiger partial charge on any atom is -0.469 e. The molecule has 110 valence electrons. The Bertz CT molecular complexity index is 308. The van der Waals surface area contributed by atoms with E-state index in [1.165, 1.54) is 14.2 Å². The van der Waals surface area contributed by atoms with Crippen molar-refractivity contribution in [3.05, 3.63) is 0 Å². The number of ether oxygens (including phenoxy) is 2. The SMILES string of the molecule is COC(=O)[C@@H]1[C@@H](C(=O)OC)[C@H](C(C)C)N[C@H]1C(C)C. The number of nitrogens with one attached hydrogen (secondary N) is 1. The Morgan fingerprint density at radius 1 is 0.842 bits per heavy atom. The number of carbonyl (C=O) groups excluding carboxylic acids is 2. The highest BCUT2D eigenvalue weighted by atomic mass is 16.5. The first-order chi connectivity index (χ1) is 8.84. The Hall–Kier alpha value is -1.10. The van der Waals surface area contributed by atoms with Crippen molar-refractivity contribution in [1.29, 1.82) is 0 Å². The minimum atomic E-state index is -0.482. The number of hydrogen-bond acceptors (Lipinski definition) is 5. The highest BCUT2D eigenvalue weighted by Crippen LogP contribution is 2.36. The molecule has 1 aliphatic heterocycles. The summed E-state index contributed by atoms with van der Waals surface area (Å²) in [6.45, 7) is 8.13. The molecule has 0 unspecified atom stereocenters. The Labute approximate surface area is 115 Å². The fourth-order valence-electron chi connectivity index (χ4n) is 2.95. The monoisotopic (exact) mass is 271 g/mol. The van der Waals surface area contributed by atoms with Crippen LogP contribution in [-0.2, 0) is 19.1 Å². The molecule has 1 N–H and O–H groups in total. The summed E-state index contributed by atoms with van der Waals surface area (Å²) in [6.07, 6.45) is 0. The third kappa shape index (κ3) is 3.08. The first-order valence-corrected chi connectivity index (χ1v) is 6.76. The average Bonchev–Trinajstić information content (AvgIpc) is 2.77. The van der Waals surface area contributed by atoms with Crippen LogP contribution in [0.2, 0.25) is 0 Å². The molecule has 0 amide bonds. The molecule has 0 bridgehead atoms. The molecule has 0 spiro atoms. The molecule has 5 heteroatoms. The second-order valence-electron chi connectivity index (χ2n) is 5.80. The molecule has 5 nitrogen and oxygen atoms in total. The normalized spacial score (nSPS) is 30.7. The van der Waals surface area contributed by atoms with Crippen molar-refractivity contribution in [3.8, 4) is 0 Å². The lowest BCUT2D eigenvalue weighted by atomic mass is 9.80. The van der Waals surface area contributed by atoms with E-state index in [1.54, 1.807) is 0 Å². The van der Waals surface area contributed by atoms with Crippen molar-refractivity contribution < 1.29 is 19.1 Å². The second-order valence-corrected chi connectivity index (χ2v) is 5.80. The van der Waals surface area contributed by atoms with Crippen molar-refractivity contribution in [3.63, 3.8) is 0 Å². The molecule has 0 aliphatic carbocycles. The lowest BCUT2D eigenvalue weighted by Crippen LogP contribution is -2.39. The molecule has 1 rings (SSSR count). The first-order valence-electron chi connectivity index (χ1n) is 6.76. The van der Waals surface area contributed by atoms with Crippen LogP contribution in [0.4, 0.5) is 0 Å². The highest BCUT2D eigenvalue weighted by molar-refractivity contribution is 5.84. The fraction of sp³-hybridized carbons (Fsp3) is 0.857. The largest absolute Gasteiger partial charge is 0.469 e. The van der Waals surface area contributed by atoms with Crippen LogP contribution in [0, 0.1) is 23.7 Å². The molecular weight excluding hydrogens is 246 g/mol. The predicted molar refractivity (Wildman–Crippen MR) is 71.4 cm³/mol. The smallest absolute Gasteiger partial charge is 0.311 e. The van der Waals surface area contributed by atoms with Crippen molar-refractivity contribution in [2.75, 3.05) is 14.2 Å². The zero-order valence-electron chi connectivity index (χ0n) is 12.6. The number of carbonyl (C=O) groups is 2. The molecule has 0 saturated carbocycles. The molecule has 0 radical (unpaired) electrons. The zero-order valence-corrected chi connectivity index (χ0v) is 12.6. The molecule has 0 aromatic rings. The van der Waals surface area contributed by atoms with E-state index in [0.29, 0.717) is 0 Å². The van der Waals surface area contributed by atoms with Gasteiger partial charge in [0.2, 0.25) is 0 Å². The standard InChI is InChI=1S/C14H25NO4/c1-7(2)11-9(13(16)18-5)10(14(17)19-6)12(15-11)8(3)4/h7-12,15H,1-6H3/t9-,10-,11+,12+/m1/s1. The number of methoxy groups -OCH3 is 2. The minimum absolute atomic E-state index is 0.0658. The third-order valence-corrected chi connectivity index (χ3v) is 3.93. The van der Waals surface area contributed by atoms with Crippen molar-refractivity contribution >= 4 is 11.9 Å². The Morgan fingerprint density at radius 3 is 1.37 bits per heavy atom. The molecule has 4 atom stereocenters. The lowest BCUT2D eigenvalue weighted by Gasteiger charge is -2.23. The van der Waals surface area contributed by atoms with Gasteiger partial charge in [-0.15, -0.1) is 0 Å². The maximum absolute atomic E-state index is 12.1. The van der Waals surface area contributed by atoms with Gasteiger partial charge in [0.1, 0.15) is 0 Å². The summed E-state index contributed by atoms with van der Waals surface area (Å²) in [6, 6.07) is -0.132. The van der Waals surface area contributed by atoms with Crippen LogP contribution >= 0.6 is 0 Å². The maximum atomic E-state index is 12.1. The van der Waals surface area contributed by atoms with Crippen LogP contribution in [0.25, 0.3) is 0 Å². The number of rotatable bonds is 4. The third-order valence-electron chi connectivity index (χ3n) is 3.93. The van der Waals surface area contributed by atoms with E-state index in [9.17, 15) is 9.59 Å². The zero-order chi connectivity index (χ0) is 14.7. The van der Waals surface area contributed by atoms with Crippen LogP contribution in [0.3, 0.4) is 0 Å². The average molecular weight is 271 g/mol. The predicted octanol–water partition coefficient (Wildman–Crippen LogP) is 1.22. The Balaban J connectivity index is 3.14. The summed E-state index contributed by atoms with van der Waals surface area (Å²) in [7, 11) is 2.72. The summed E-state index contributed by atoms with van der Waals surface area (Å²) < 4.78 is 9.76. The van der Waals surface area contributed by atoms with Crippen molar-refractivity contribution in [2.24, 2.45) is 23.7 Å². The van der Waals surface area contributed by atoms with Crippen LogP contribution < -0.4 is 5.32 Å². The first kappa shape index (κ1) is 16.0. The van der Waals surface area contributed by atoms with Gasteiger partial charge in [0, 0.05) is 12.1 Å². The molecule has 1 aliphatic rings. The van der Waals surface area contributed by atoms with Gasteiger partial charge >= 0.3 is 11.9 Å². The second kappa shape index (κ2) is 6.37. The van der Waals surface area contributed by atoms with E-state index in [2.05, 4.69) is 5.32 Å². The molecule has 0 aromatic heterocycles. The van der Waals surface area contributed by atoms with E-state index >= 15 is 0 Å². The molecular formula is C14H25NO4. The summed E-state index contributed by atoms with van der Waals surface area (Å²) in [5, 5.41) is 3.42. The summed E-state index contributed by atoms with van der Waals surface area (Å²) in [5.41, 5.74) is 0. The van der Waals surface area contributed by atoms with Crippen LogP contribution in [0.15, 0.2) is 0 Å². The van der Waals surface area contributed by atoms with E-state index in [1.807, 2.05) is 27.7 Å². The lowest BCUT2D eigenvalue weighted by molar-refractivity contribution is -0.157. The summed E-state index contributed by atoms with van der Waals surface area (Å²) in [4.78, 5) is 24.1. The Morgan fingerprint density at radius 2 is 1.16 bits per heavy atom. The van der Waals surface area contributed by atoms with Gasteiger partial charge in [-0.1, -0.05) is 27.7 Å². The highest BCUT2D eigenvalue weighted by Gasteiger charge is 2.53. The summed E-state index contributed by atoms with van der Waals surface area (Å²) in [5.74, 6) is -1.18. The van der Waals surface area contributed by atoms with Crippen LogP contribution in [-0.4, -0.2) is 38.2 Å². The molecule has 0 aromatic carbocycles. The number of hydrogen-bond donors (Lipinski definition) is 1. The van der Waals surface area contributed by atoms with Gasteiger partial charge in [0.25, 0.3) is 0 Å². The maximum Gasteiger partial charge on any atom is 0.311 e. The van der Waals surface area contributed by atoms with Crippen molar-refractivity contribution in [2.45, 2.75) is 39.8 Å². The Kier molecular flexibility index (Phi) is 5.35. The topological polar surface area (TPSA) is 64.6 Å². The summed E-state index contributed by atoms with van der Waals surface area (Å²) >= 11 is 0. The number of esters is 2. The van der Waals surface area contributed by atoms with E-state index in [4.69, 9.17) is 9.47 Å². The van der Waals surface area contributed by atoms with Gasteiger partial charge in [-0.25, -0.2) is 0 Å². The molecule has 19 heavy (non-hydrogen) atoms. The van der Waals surface area contributed by atoms with Crippen molar-refractivity contribution in [1.82, 2.24) is 5.32 Å². The van der Waals surface area contributed by atoms with Gasteiger partial charge in [0.15, 0.2) is 0 Å². The van der Waals surface area contributed by atoms with Crippen LogP contribution in [0.1, 0.15) is 27.7 Å². The molecule has 1 saturated heterocycles. The van der Waals surface area contributed by atoms with Gasteiger partial charge in [0.05, 0.1) is 26.1 Å². The van der Waals surface area contributed by atoms with Gasteiger partial charge in [-0.3, -0.25) is 9.59 Å². The molecule has 1 fully saturated rings. The fourth-order valence-corrected chi connectivity index (χ4v) is 2.95. The van der Waals surface area contributed by atoms with Gasteiger partial charge in [-0.05, 0) is 11.8 Å². The quantitative estimate of drug-likeness (QED) is 0.779.